The van der Waals surface area contributed by atoms with Gasteiger partial charge in [0, 0.05) is 44.5 Å². The van der Waals surface area contributed by atoms with Crippen LogP contribution < -0.4 is 5.73 Å². The first-order valence-electron chi connectivity index (χ1n) is 7.34. The number of hydrogen-bond donors (Lipinski definition) is 1. The van der Waals surface area contributed by atoms with Gasteiger partial charge in [-0.15, -0.1) is 0 Å². The van der Waals surface area contributed by atoms with Crippen molar-refractivity contribution in [2.75, 3.05) is 20.1 Å². The molecule has 2 aliphatic heterocycles. The zero-order chi connectivity index (χ0) is 13.2. The van der Waals surface area contributed by atoms with Gasteiger partial charge in [0.1, 0.15) is 0 Å². The van der Waals surface area contributed by atoms with E-state index in [0.29, 0.717) is 6.54 Å². The number of likely N-dealkylation sites (N-methyl/N-ethyl adjacent to an activating group) is 1. The Morgan fingerprint density at radius 2 is 2.11 bits per heavy atom. The largest absolute Gasteiger partial charge is 0.326 e. The molecule has 2 fully saturated rings. The summed E-state index contributed by atoms with van der Waals surface area (Å²) in [5, 5.41) is 0. The Bertz CT molecular complexity index is 417. The van der Waals surface area contributed by atoms with Crippen molar-refractivity contribution in [2.24, 2.45) is 5.73 Å². The molecule has 19 heavy (non-hydrogen) atoms. The van der Waals surface area contributed by atoms with E-state index in [1.165, 1.54) is 32.4 Å². The summed E-state index contributed by atoms with van der Waals surface area (Å²) in [5.41, 5.74) is 7.88. The fourth-order valence-corrected chi connectivity index (χ4v) is 3.42. The van der Waals surface area contributed by atoms with Gasteiger partial charge < -0.3 is 5.73 Å². The maximum absolute atomic E-state index is 5.61. The standard InChI is InChI=1S/C15H24N4/c1-18-14-4-5-15(18)11-19(7-6-14)10-13-3-2-12(8-16)9-17-13/h2-3,9,14-15H,4-8,10-11,16H2,1H3. The average molecular weight is 260 g/mol. The van der Waals surface area contributed by atoms with Crippen LogP contribution in [0.1, 0.15) is 30.5 Å². The van der Waals surface area contributed by atoms with Crippen LogP contribution >= 0.6 is 0 Å². The van der Waals surface area contributed by atoms with Gasteiger partial charge in [0.05, 0.1) is 5.69 Å². The van der Waals surface area contributed by atoms with Gasteiger partial charge in [0.2, 0.25) is 0 Å². The Labute approximate surface area is 115 Å². The summed E-state index contributed by atoms with van der Waals surface area (Å²) in [7, 11) is 2.29. The van der Waals surface area contributed by atoms with Crippen molar-refractivity contribution in [3.63, 3.8) is 0 Å². The lowest BCUT2D eigenvalue weighted by Crippen LogP contribution is -2.36. The van der Waals surface area contributed by atoms with Crippen LogP contribution in [0.2, 0.25) is 0 Å². The molecule has 2 aliphatic rings. The van der Waals surface area contributed by atoms with Crippen molar-refractivity contribution in [3.8, 4) is 0 Å². The molecule has 2 saturated heterocycles. The zero-order valence-corrected chi connectivity index (χ0v) is 11.8. The molecular formula is C15H24N4. The molecule has 0 amide bonds. The molecule has 0 saturated carbocycles. The molecule has 3 heterocycles. The van der Waals surface area contributed by atoms with E-state index in [-0.39, 0.29) is 0 Å². The Morgan fingerprint density at radius 3 is 2.84 bits per heavy atom. The first-order chi connectivity index (χ1) is 9.26. The molecule has 0 aromatic carbocycles. The van der Waals surface area contributed by atoms with Crippen molar-refractivity contribution < 1.29 is 0 Å². The van der Waals surface area contributed by atoms with Gasteiger partial charge in [0.25, 0.3) is 0 Å². The fourth-order valence-electron chi connectivity index (χ4n) is 3.42. The van der Waals surface area contributed by atoms with Gasteiger partial charge in [0.15, 0.2) is 0 Å². The molecule has 2 unspecified atom stereocenters. The summed E-state index contributed by atoms with van der Waals surface area (Å²) in [4.78, 5) is 9.67. The second kappa shape index (κ2) is 5.57. The highest BCUT2D eigenvalue weighted by Gasteiger charge is 2.34. The normalized spacial score (nSPS) is 28.5. The SMILES string of the molecule is CN1C2CCC1CN(Cc1ccc(CN)cn1)CC2. The van der Waals surface area contributed by atoms with Gasteiger partial charge in [-0.25, -0.2) is 0 Å². The minimum absolute atomic E-state index is 0.575. The Kier molecular flexibility index (Phi) is 3.82. The van der Waals surface area contributed by atoms with E-state index >= 15 is 0 Å². The molecule has 3 rings (SSSR count). The molecule has 2 atom stereocenters. The van der Waals surface area contributed by atoms with Gasteiger partial charge in [-0.2, -0.15) is 0 Å². The molecule has 0 spiro atoms. The Balaban J connectivity index is 1.63. The number of pyridine rings is 1. The lowest BCUT2D eigenvalue weighted by atomic mass is 10.1. The summed E-state index contributed by atoms with van der Waals surface area (Å²) in [5.74, 6) is 0. The van der Waals surface area contributed by atoms with Crippen LogP contribution in [0.25, 0.3) is 0 Å². The van der Waals surface area contributed by atoms with E-state index in [4.69, 9.17) is 5.73 Å². The van der Waals surface area contributed by atoms with E-state index in [0.717, 1.165) is 29.9 Å². The molecule has 4 nitrogen and oxygen atoms in total. The number of aromatic nitrogens is 1. The highest BCUT2D eigenvalue weighted by molar-refractivity contribution is 5.13. The highest BCUT2D eigenvalue weighted by atomic mass is 15.3. The lowest BCUT2D eigenvalue weighted by Gasteiger charge is -2.25. The smallest absolute Gasteiger partial charge is 0.0544 e. The van der Waals surface area contributed by atoms with Gasteiger partial charge >= 0.3 is 0 Å². The van der Waals surface area contributed by atoms with Crippen molar-refractivity contribution >= 4 is 0 Å². The second-order valence-corrected chi connectivity index (χ2v) is 5.94. The van der Waals surface area contributed by atoms with E-state index in [9.17, 15) is 0 Å². The third-order valence-corrected chi connectivity index (χ3v) is 4.74. The molecule has 2 bridgehead atoms. The topological polar surface area (TPSA) is 45.4 Å². The highest BCUT2D eigenvalue weighted by Crippen LogP contribution is 2.28. The minimum atomic E-state index is 0.575. The molecule has 4 heteroatoms. The quantitative estimate of drug-likeness (QED) is 0.887. The van der Waals surface area contributed by atoms with Crippen LogP contribution in [0.3, 0.4) is 0 Å². The van der Waals surface area contributed by atoms with E-state index in [2.05, 4.69) is 34.0 Å². The average Bonchev–Trinajstić information content (AvgIpc) is 2.68. The van der Waals surface area contributed by atoms with Crippen molar-refractivity contribution in [1.82, 2.24) is 14.8 Å². The van der Waals surface area contributed by atoms with Gasteiger partial charge in [-0.3, -0.25) is 14.8 Å². The fraction of sp³-hybridized carbons (Fsp3) is 0.667. The van der Waals surface area contributed by atoms with Crippen LogP contribution in [0.5, 0.6) is 0 Å². The van der Waals surface area contributed by atoms with Crippen LogP contribution in [0.15, 0.2) is 18.3 Å². The van der Waals surface area contributed by atoms with Crippen LogP contribution in [-0.2, 0) is 13.1 Å². The maximum atomic E-state index is 5.61. The molecule has 1 aromatic rings. The molecule has 104 valence electrons. The molecular weight excluding hydrogens is 236 g/mol. The van der Waals surface area contributed by atoms with Gasteiger partial charge in [-0.1, -0.05) is 6.07 Å². The minimum Gasteiger partial charge on any atom is -0.326 e. The van der Waals surface area contributed by atoms with Crippen LogP contribution in [0.4, 0.5) is 0 Å². The summed E-state index contributed by atoms with van der Waals surface area (Å²) >= 11 is 0. The second-order valence-electron chi connectivity index (χ2n) is 5.94. The van der Waals surface area contributed by atoms with Crippen molar-refractivity contribution in [2.45, 2.75) is 44.4 Å². The van der Waals surface area contributed by atoms with Crippen LogP contribution in [0, 0.1) is 0 Å². The predicted molar refractivity (Wildman–Crippen MR) is 76.6 cm³/mol. The van der Waals surface area contributed by atoms with Gasteiger partial charge in [-0.05, 0) is 37.9 Å². The number of nitrogens with zero attached hydrogens (tertiary/aromatic N) is 3. The molecule has 0 radical (unpaired) electrons. The van der Waals surface area contributed by atoms with E-state index in [1.807, 2.05) is 6.20 Å². The lowest BCUT2D eigenvalue weighted by molar-refractivity contribution is 0.213. The summed E-state index contributed by atoms with van der Waals surface area (Å²) < 4.78 is 0. The number of hydrogen-bond acceptors (Lipinski definition) is 4. The molecule has 0 aliphatic carbocycles. The summed E-state index contributed by atoms with van der Waals surface area (Å²) in [6, 6.07) is 5.77. The third-order valence-electron chi connectivity index (χ3n) is 4.74. The number of rotatable bonds is 3. The summed E-state index contributed by atoms with van der Waals surface area (Å²) in [6.07, 6.45) is 5.95. The first kappa shape index (κ1) is 13.0. The summed E-state index contributed by atoms with van der Waals surface area (Å²) in [6.45, 7) is 3.94. The van der Waals surface area contributed by atoms with E-state index < -0.39 is 0 Å². The maximum Gasteiger partial charge on any atom is 0.0544 e. The van der Waals surface area contributed by atoms with Crippen LogP contribution in [-0.4, -0.2) is 47.0 Å². The molecule has 1 aromatic heterocycles. The van der Waals surface area contributed by atoms with Crippen molar-refractivity contribution in [1.29, 1.82) is 0 Å². The zero-order valence-electron chi connectivity index (χ0n) is 11.8. The predicted octanol–water partition coefficient (Wildman–Crippen LogP) is 1.21. The number of likely N-dealkylation sites (tertiary alicyclic amines) is 1. The molecule has 2 N–H and O–H groups in total. The Hall–Kier alpha value is -0.970. The monoisotopic (exact) mass is 260 g/mol. The third kappa shape index (κ3) is 2.81. The van der Waals surface area contributed by atoms with E-state index in [1.54, 1.807) is 0 Å². The Morgan fingerprint density at radius 1 is 1.26 bits per heavy atom. The first-order valence-corrected chi connectivity index (χ1v) is 7.34. The number of fused-ring (bicyclic) bond motifs is 2. The van der Waals surface area contributed by atoms with Crippen molar-refractivity contribution in [3.05, 3.63) is 29.6 Å². The number of nitrogens with two attached hydrogens (primary N) is 1.